The molecule has 0 aliphatic carbocycles. The highest BCUT2D eigenvalue weighted by atomic mass is 79.9. The Labute approximate surface area is 284 Å². The first kappa shape index (κ1) is 35.9. The molecule has 252 valence electrons. The number of fused-ring (bicyclic) bond motifs is 6. The average Bonchev–Trinajstić information content (AvgIpc) is 3.31. The van der Waals surface area contributed by atoms with Crippen LogP contribution in [0.15, 0.2) is 64.8 Å². The Hall–Kier alpha value is -3.96. The maximum atomic E-state index is 14.1. The lowest BCUT2D eigenvalue weighted by molar-refractivity contribution is -0.142. The lowest BCUT2D eigenvalue weighted by Crippen LogP contribution is -2.55. The monoisotopic (exact) mass is 708 g/mol. The first-order valence-electron chi connectivity index (χ1n) is 16.0. The molecule has 0 saturated heterocycles. The number of aliphatic hydroxyl groups excluding tert-OH is 1. The van der Waals surface area contributed by atoms with Crippen LogP contribution in [-0.4, -0.2) is 63.9 Å². The van der Waals surface area contributed by atoms with E-state index in [0.717, 1.165) is 27.6 Å². The van der Waals surface area contributed by atoms with Crippen molar-refractivity contribution in [3.8, 4) is 5.75 Å². The number of allylic oxidation sites excluding steroid dienone is 2. The summed E-state index contributed by atoms with van der Waals surface area (Å²) in [6, 6.07) is 12.1. The van der Waals surface area contributed by atoms with Crippen molar-refractivity contribution < 1.29 is 29.0 Å². The number of aliphatic hydroxyl groups is 1. The molecule has 1 aromatic heterocycles. The van der Waals surface area contributed by atoms with Gasteiger partial charge in [0, 0.05) is 30.3 Å². The van der Waals surface area contributed by atoms with E-state index in [4.69, 9.17) is 4.74 Å². The normalized spacial score (nSPS) is 17.9. The molecule has 0 saturated carbocycles. The maximum Gasteiger partial charge on any atom is 0.313 e. The molecule has 2 aliphatic rings. The zero-order chi connectivity index (χ0) is 34.4. The molecule has 2 bridgehead atoms. The van der Waals surface area contributed by atoms with Crippen molar-refractivity contribution in [3.63, 3.8) is 0 Å². The van der Waals surface area contributed by atoms with E-state index in [1.807, 2.05) is 45.0 Å². The number of carbonyl (C=O) groups is 4. The fourth-order valence-electron chi connectivity index (χ4n) is 6.21. The number of aromatic amines is 1. The molecule has 0 fully saturated rings. The molecule has 47 heavy (non-hydrogen) atoms. The SMILES string of the molecule is C/C(=C\[C@H](C)C[C@H](C)O)C[C@H](C)C(=O)N[C@@H](C)C(=O)N(C)[C@H](Cc1c(Br)[nH]c2ccccc12)C(=O)N[C@H]1CC(=O)Oc2ccc1cc2. The first-order valence-corrected chi connectivity index (χ1v) is 16.8. The molecule has 0 radical (unpaired) electrons. The third-order valence-electron chi connectivity index (χ3n) is 8.57. The van der Waals surface area contributed by atoms with Crippen LogP contribution in [0.4, 0.5) is 0 Å². The van der Waals surface area contributed by atoms with Gasteiger partial charge in [0.2, 0.25) is 17.7 Å². The molecule has 4 N–H and O–H groups in total. The van der Waals surface area contributed by atoms with Gasteiger partial charge in [-0.25, -0.2) is 0 Å². The van der Waals surface area contributed by atoms with Crippen LogP contribution in [-0.2, 0) is 25.6 Å². The molecule has 6 atom stereocenters. The van der Waals surface area contributed by atoms with Gasteiger partial charge in [0.25, 0.3) is 0 Å². The van der Waals surface area contributed by atoms with Crippen LogP contribution in [0.1, 0.15) is 71.0 Å². The van der Waals surface area contributed by atoms with Gasteiger partial charge in [-0.2, -0.15) is 0 Å². The topological polar surface area (TPSA) is 141 Å². The lowest BCUT2D eigenvalue weighted by atomic mass is 9.95. The summed E-state index contributed by atoms with van der Waals surface area (Å²) in [5.41, 5.74) is 3.48. The average molecular weight is 710 g/mol. The summed E-state index contributed by atoms with van der Waals surface area (Å²) in [6.07, 6.45) is 2.91. The van der Waals surface area contributed by atoms with Gasteiger partial charge in [-0.3, -0.25) is 19.2 Å². The van der Waals surface area contributed by atoms with Gasteiger partial charge < -0.3 is 30.4 Å². The van der Waals surface area contributed by atoms with E-state index in [-0.39, 0.29) is 24.7 Å². The van der Waals surface area contributed by atoms with E-state index in [0.29, 0.717) is 23.2 Å². The Kier molecular flexibility index (Phi) is 12.0. The highest BCUT2D eigenvalue weighted by molar-refractivity contribution is 9.10. The molecular formula is C36H45BrN4O6. The Bertz CT molecular complexity index is 1630. The van der Waals surface area contributed by atoms with Gasteiger partial charge in [0.05, 0.1) is 23.2 Å². The zero-order valence-electron chi connectivity index (χ0n) is 27.8. The predicted octanol–water partition coefficient (Wildman–Crippen LogP) is 5.35. The summed E-state index contributed by atoms with van der Waals surface area (Å²) >= 11 is 3.60. The minimum Gasteiger partial charge on any atom is -0.426 e. The number of nitrogens with one attached hydrogen (secondary N) is 3. The molecule has 0 unspecified atom stereocenters. The molecule has 3 aromatic rings. The quantitative estimate of drug-likeness (QED) is 0.107. The molecular weight excluding hydrogens is 664 g/mol. The van der Waals surface area contributed by atoms with Crippen LogP contribution in [0, 0.1) is 11.8 Å². The van der Waals surface area contributed by atoms with Crippen molar-refractivity contribution in [2.45, 2.75) is 84.5 Å². The second-order valence-corrected chi connectivity index (χ2v) is 13.6. The Morgan fingerprint density at radius 1 is 1.09 bits per heavy atom. The van der Waals surface area contributed by atoms with Gasteiger partial charge in [0.1, 0.15) is 17.8 Å². The number of esters is 1. The number of hydrogen-bond acceptors (Lipinski definition) is 6. The second-order valence-electron chi connectivity index (χ2n) is 12.9. The fourth-order valence-corrected chi connectivity index (χ4v) is 6.79. The third kappa shape index (κ3) is 9.32. The van der Waals surface area contributed by atoms with Gasteiger partial charge in [0.15, 0.2) is 0 Å². The number of nitrogens with zero attached hydrogens (tertiary/aromatic N) is 1. The molecule has 0 spiro atoms. The summed E-state index contributed by atoms with van der Waals surface area (Å²) in [5.74, 6) is -1.39. The Morgan fingerprint density at radius 2 is 1.77 bits per heavy atom. The van der Waals surface area contributed by atoms with E-state index < -0.39 is 47.9 Å². The number of ether oxygens (including phenoxy) is 1. The molecule has 3 amide bonds. The molecule has 2 aliphatic heterocycles. The minimum atomic E-state index is -0.976. The molecule has 3 heterocycles. The molecule has 10 nitrogen and oxygen atoms in total. The van der Waals surface area contributed by atoms with Crippen molar-refractivity contribution in [1.29, 1.82) is 0 Å². The van der Waals surface area contributed by atoms with Crippen LogP contribution in [0.2, 0.25) is 0 Å². The number of hydrogen-bond donors (Lipinski definition) is 4. The molecule has 5 rings (SSSR count). The summed E-state index contributed by atoms with van der Waals surface area (Å²) in [4.78, 5) is 58.2. The standard InChI is InChI=1S/C36H45BrN4O6/c1-20(15-21(2)17-23(4)42)16-22(3)34(44)38-24(5)36(46)41(6)31(18-28-27-9-7-8-10-29(27)39-33(28)37)35(45)40-30-19-32(43)47-26-13-11-25(30)12-14-26/h7-15,21-24,30-31,39,42H,16-19H2,1-6H3,(H,38,44)(H,40,45)/b20-15+/t21-,22-,23-,24-,30-,31+/m0/s1. The summed E-state index contributed by atoms with van der Waals surface area (Å²) in [5, 5.41) is 16.4. The largest absolute Gasteiger partial charge is 0.426 e. The van der Waals surface area contributed by atoms with E-state index in [9.17, 15) is 24.3 Å². The number of benzene rings is 2. The maximum absolute atomic E-state index is 14.1. The summed E-state index contributed by atoms with van der Waals surface area (Å²) in [7, 11) is 1.55. The van der Waals surface area contributed by atoms with Crippen molar-refractivity contribution in [2.24, 2.45) is 11.8 Å². The van der Waals surface area contributed by atoms with Crippen molar-refractivity contribution in [1.82, 2.24) is 20.5 Å². The third-order valence-corrected chi connectivity index (χ3v) is 9.24. The molecule has 2 aromatic carbocycles. The number of para-hydroxylation sites is 1. The van der Waals surface area contributed by atoms with Crippen LogP contribution in [0.3, 0.4) is 0 Å². The number of carbonyl (C=O) groups excluding carboxylic acids is 4. The van der Waals surface area contributed by atoms with Gasteiger partial charge in [-0.1, -0.05) is 55.8 Å². The van der Waals surface area contributed by atoms with E-state index in [1.165, 1.54) is 4.90 Å². The lowest BCUT2D eigenvalue weighted by Gasteiger charge is -2.32. The zero-order valence-corrected chi connectivity index (χ0v) is 29.4. The smallest absolute Gasteiger partial charge is 0.313 e. The highest BCUT2D eigenvalue weighted by Gasteiger charge is 2.34. The van der Waals surface area contributed by atoms with Gasteiger partial charge >= 0.3 is 5.97 Å². The van der Waals surface area contributed by atoms with Crippen molar-refractivity contribution in [3.05, 3.63) is 75.9 Å². The van der Waals surface area contributed by atoms with E-state index >= 15 is 0 Å². The second kappa shape index (κ2) is 15.8. The van der Waals surface area contributed by atoms with Gasteiger partial charge in [-0.15, -0.1) is 0 Å². The summed E-state index contributed by atoms with van der Waals surface area (Å²) in [6.45, 7) is 9.16. The number of likely N-dealkylation sites (N-methyl/N-ethyl adjacent to an activating group) is 1. The van der Waals surface area contributed by atoms with E-state index in [1.54, 1.807) is 45.2 Å². The Balaban J connectivity index is 1.53. The Morgan fingerprint density at radius 3 is 2.45 bits per heavy atom. The molecule has 11 heteroatoms. The highest BCUT2D eigenvalue weighted by Crippen LogP contribution is 2.30. The minimum absolute atomic E-state index is 0.0591. The number of rotatable bonds is 13. The van der Waals surface area contributed by atoms with Crippen LogP contribution >= 0.6 is 15.9 Å². The first-order chi connectivity index (χ1) is 22.2. The van der Waals surface area contributed by atoms with Crippen LogP contribution < -0.4 is 15.4 Å². The number of amides is 3. The predicted molar refractivity (Wildman–Crippen MR) is 184 cm³/mol. The van der Waals surface area contributed by atoms with Crippen LogP contribution in [0.5, 0.6) is 5.75 Å². The van der Waals surface area contributed by atoms with Gasteiger partial charge in [-0.05, 0) is 84.8 Å². The fraction of sp³-hybridized carbons (Fsp3) is 0.444. The van der Waals surface area contributed by atoms with Crippen molar-refractivity contribution >= 4 is 50.5 Å². The van der Waals surface area contributed by atoms with E-state index in [2.05, 4.69) is 37.6 Å². The van der Waals surface area contributed by atoms with Crippen molar-refractivity contribution in [2.75, 3.05) is 7.05 Å². The number of halogens is 1. The number of H-pyrrole nitrogens is 1. The summed E-state index contributed by atoms with van der Waals surface area (Å²) < 4.78 is 6.04. The van der Waals surface area contributed by atoms with Crippen LogP contribution in [0.25, 0.3) is 10.9 Å². The number of aromatic nitrogens is 1.